The number of ether oxygens (including phenoxy) is 2. The Hall–Kier alpha value is -4.06. The molecule has 180 valence electrons. The molecule has 0 aliphatic rings. The molecule has 0 fully saturated rings. The van der Waals surface area contributed by atoms with E-state index in [1.165, 1.54) is 0 Å². The Balaban J connectivity index is 1.36. The van der Waals surface area contributed by atoms with Gasteiger partial charge in [-0.2, -0.15) is 0 Å². The maximum atomic E-state index is 12.5. The van der Waals surface area contributed by atoms with Crippen LogP contribution in [0.5, 0.6) is 11.5 Å². The molecular formula is C29H31N3O3. The highest BCUT2D eigenvalue weighted by Gasteiger charge is 2.12. The van der Waals surface area contributed by atoms with Crippen LogP contribution < -0.4 is 14.8 Å². The predicted octanol–water partition coefficient (Wildman–Crippen LogP) is 5.87. The fourth-order valence-electron chi connectivity index (χ4n) is 4.01. The summed E-state index contributed by atoms with van der Waals surface area (Å²) in [6.45, 7) is 3.74. The summed E-state index contributed by atoms with van der Waals surface area (Å²) in [5.74, 6) is 2.22. The molecule has 0 aliphatic heterocycles. The molecule has 4 rings (SSSR count). The standard InChI is InChI=1S/C29H31N3O3/c1-3-11-22-16-17-26(27(20-22)34-2)35-19-10-9-18-32-25-15-8-7-14-24(25)31-28(32)21-30-29(33)23-12-5-4-6-13-23/h3-8,11-17,20H,9-10,18-19,21H2,1-2H3,(H,30,33)/b11-3+. The third-order valence-corrected chi connectivity index (χ3v) is 5.76. The number of hydrogen-bond donors (Lipinski definition) is 1. The second kappa shape index (κ2) is 11.9. The van der Waals surface area contributed by atoms with Crippen LogP contribution in [0.25, 0.3) is 17.1 Å². The van der Waals surface area contributed by atoms with Gasteiger partial charge in [0, 0.05) is 12.1 Å². The van der Waals surface area contributed by atoms with Crippen molar-refractivity contribution in [2.24, 2.45) is 0 Å². The zero-order chi connectivity index (χ0) is 24.5. The van der Waals surface area contributed by atoms with Gasteiger partial charge in [-0.1, -0.05) is 48.6 Å². The van der Waals surface area contributed by atoms with Gasteiger partial charge in [-0.3, -0.25) is 4.79 Å². The molecule has 0 saturated carbocycles. The summed E-state index contributed by atoms with van der Waals surface area (Å²) in [6.07, 6.45) is 5.82. The van der Waals surface area contributed by atoms with Gasteiger partial charge < -0.3 is 19.4 Å². The van der Waals surface area contributed by atoms with Gasteiger partial charge in [-0.25, -0.2) is 4.98 Å². The van der Waals surface area contributed by atoms with Gasteiger partial charge in [0.2, 0.25) is 0 Å². The number of allylic oxidation sites excluding steroid dienone is 1. The Bertz CT molecular complexity index is 1300. The van der Waals surface area contributed by atoms with E-state index in [1.807, 2.05) is 73.7 Å². The van der Waals surface area contributed by atoms with Crippen molar-refractivity contribution < 1.29 is 14.3 Å². The number of hydrogen-bond acceptors (Lipinski definition) is 4. The fraction of sp³-hybridized carbons (Fsp3) is 0.241. The van der Waals surface area contributed by atoms with Crippen molar-refractivity contribution >= 4 is 23.0 Å². The molecular weight excluding hydrogens is 438 g/mol. The Morgan fingerprint density at radius 2 is 1.80 bits per heavy atom. The molecule has 1 amide bonds. The number of para-hydroxylation sites is 2. The lowest BCUT2D eigenvalue weighted by molar-refractivity contribution is 0.0949. The number of nitrogens with one attached hydrogen (secondary N) is 1. The van der Waals surface area contributed by atoms with Gasteiger partial charge in [-0.05, 0) is 61.7 Å². The highest BCUT2D eigenvalue weighted by molar-refractivity contribution is 5.94. The first-order chi connectivity index (χ1) is 17.2. The zero-order valence-electron chi connectivity index (χ0n) is 20.2. The summed E-state index contributed by atoms with van der Waals surface area (Å²) < 4.78 is 13.7. The van der Waals surface area contributed by atoms with Crippen molar-refractivity contribution in [1.29, 1.82) is 0 Å². The van der Waals surface area contributed by atoms with Crippen molar-refractivity contribution in [2.45, 2.75) is 32.9 Å². The minimum absolute atomic E-state index is 0.105. The Morgan fingerprint density at radius 3 is 2.60 bits per heavy atom. The van der Waals surface area contributed by atoms with Gasteiger partial charge >= 0.3 is 0 Å². The third kappa shape index (κ3) is 6.09. The molecule has 0 atom stereocenters. The minimum Gasteiger partial charge on any atom is -0.493 e. The average molecular weight is 470 g/mol. The average Bonchev–Trinajstić information content (AvgIpc) is 3.25. The first-order valence-electron chi connectivity index (χ1n) is 11.9. The summed E-state index contributed by atoms with van der Waals surface area (Å²) in [6, 6.07) is 23.2. The molecule has 1 N–H and O–H groups in total. The van der Waals surface area contributed by atoms with Crippen LogP contribution in [0, 0.1) is 0 Å². The van der Waals surface area contributed by atoms with E-state index >= 15 is 0 Å². The van der Waals surface area contributed by atoms with Crippen LogP contribution in [-0.4, -0.2) is 29.2 Å². The smallest absolute Gasteiger partial charge is 0.251 e. The van der Waals surface area contributed by atoms with E-state index in [-0.39, 0.29) is 5.91 Å². The van der Waals surface area contributed by atoms with Crippen LogP contribution in [-0.2, 0) is 13.1 Å². The third-order valence-electron chi connectivity index (χ3n) is 5.76. The van der Waals surface area contributed by atoms with E-state index in [0.717, 1.165) is 53.3 Å². The monoisotopic (exact) mass is 469 g/mol. The van der Waals surface area contributed by atoms with Crippen molar-refractivity contribution in [3.8, 4) is 11.5 Å². The molecule has 0 bridgehead atoms. The number of benzene rings is 3. The van der Waals surface area contributed by atoms with Crippen molar-refractivity contribution in [3.05, 3.63) is 95.8 Å². The lowest BCUT2D eigenvalue weighted by Crippen LogP contribution is -2.24. The van der Waals surface area contributed by atoms with Gasteiger partial charge in [0.05, 0.1) is 31.3 Å². The van der Waals surface area contributed by atoms with Crippen LogP contribution in [0.3, 0.4) is 0 Å². The van der Waals surface area contributed by atoms with Crippen LogP contribution >= 0.6 is 0 Å². The van der Waals surface area contributed by atoms with Crippen LogP contribution in [0.2, 0.25) is 0 Å². The molecule has 3 aromatic carbocycles. The first kappa shape index (κ1) is 24.1. The fourth-order valence-corrected chi connectivity index (χ4v) is 4.01. The number of carbonyl (C=O) groups is 1. The highest BCUT2D eigenvalue weighted by Crippen LogP contribution is 2.29. The maximum absolute atomic E-state index is 12.5. The Labute approximate surface area is 206 Å². The largest absolute Gasteiger partial charge is 0.493 e. The molecule has 6 nitrogen and oxygen atoms in total. The first-order valence-corrected chi connectivity index (χ1v) is 11.9. The van der Waals surface area contributed by atoms with Crippen molar-refractivity contribution in [1.82, 2.24) is 14.9 Å². The number of fused-ring (bicyclic) bond motifs is 1. The zero-order valence-corrected chi connectivity index (χ0v) is 20.2. The molecule has 1 aromatic heterocycles. The second-order valence-corrected chi connectivity index (χ2v) is 8.18. The Kier molecular flexibility index (Phi) is 8.17. The number of rotatable bonds is 11. The molecule has 0 saturated heterocycles. The lowest BCUT2D eigenvalue weighted by atomic mass is 10.2. The second-order valence-electron chi connectivity index (χ2n) is 8.18. The molecule has 0 unspecified atom stereocenters. The van der Waals surface area contributed by atoms with E-state index in [4.69, 9.17) is 14.5 Å². The van der Waals surface area contributed by atoms with Gasteiger partial charge in [0.15, 0.2) is 11.5 Å². The summed E-state index contributed by atoms with van der Waals surface area (Å²) in [5.41, 5.74) is 3.72. The number of imidazole rings is 1. The maximum Gasteiger partial charge on any atom is 0.251 e. The lowest BCUT2D eigenvalue weighted by Gasteiger charge is -2.13. The normalized spacial score (nSPS) is 11.1. The Morgan fingerprint density at radius 1 is 1.00 bits per heavy atom. The summed E-state index contributed by atoms with van der Waals surface area (Å²) in [5, 5.41) is 3.00. The highest BCUT2D eigenvalue weighted by atomic mass is 16.5. The van der Waals surface area contributed by atoms with Crippen molar-refractivity contribution in [2.75, 3.05) is 13.7 Å². The molecule has 35 heavy (non-hydrogen) atoms. The summed E-state index contributed by atoms with van der Waals surface area (Å²) in [7, 11) is 1.66. The summed E-state index contributed by atoms with van der Waals surface area (Å²) in [4.78, 5) is 17.3. The van der Waals surface area contributed by atoms with Gasteiger partial charge in [0.25, 0.3) is 5.91 Å². The van der Waals surface area contributed by atoms with E-state index < -0.39 is 0 Å². The number of nitrogens with zero attached hydrogens (tertiary/aromatic N) is 2. The quantitative estimate of drug-likeness (QED) is 0.279. The summed E-state index contributed by atoms with van der Waals surface area (Å²) >= 11 is 0. The van der Waals surface area contributed by atoms with E-state index in [9.17, 15) is 4.79 Å². The number of carbonyl (C=O) groups excluding carboxylic acids is 1. The number of aryl methyl sites for hydroxylation is 1. The SMILES string of the molecule is C/C=C/c1ccc(OCCCCn2c(CNC(=O)c3ccccc3)nc3ccccc32)c(OC)c1. The van der Waals surface area contributed by atoms with Gasteiger partial charge in [-0.15, -0.1) is 0 Å². The molecule has 0 aliphatic carbocycles. The number of aromatic nitrogens is 2. The van der Waals surface area contributed by atoms with Gasteiger partial charge in [0.1, 0.15) is 5.82 Å². The van der Waals surface area contributed by atoms with Crippen LogP contribution in [0.1, 0.15) is 41.5 Å². The van der Waals surface area contributed by atoms with E-state index in [0.29, 0.717) is 18.7 Å². The predicted molar refractivity (Wildman–Crippen MR) is 140 cm³/mol. The van der Waals surface area contributed by atoms with Crippen LogP contribution in [0.15, 0.2) is 78.9 Å². The molecule has 4 aromatic rings. The van der Waals surface area contributed by atoms with Crippen molar-refractivity contribution in [3.63, 3.8) is 0 Å². The van der Waals surface area contributed by atoms with E-state index in [2.05, 4.69) is 16.0 Å². The number of unbranched alkanes of at least 4 members (excludes halogenated alkanes) is 1. The number of amides is 1. The van der Waals surface area contributed by atoms with Crippen LogP contribution in [0.4, 0.5) is 0 Å². The molecule has 1 heterocycles. The number of methoxy groups -OCH3 is 1. The van der Waals surface area contributed by atoms with E-state index in [1.54, 1.807) is 19.2 Å². The molecule has 0 radical (unpaired) electrons. The topological polar surface area (TPSA) is 65.4 Å². The minimum atomic E-state index is -0.105. The molecule has 6 heteroatoms. The molecule has 0 spiro atoms.